The van der Waals surface area contributed by atoms with E-state index in [4.69, 9.17) is 4.74 Å². The van der Waals surface area contributed by atoms with Gasteiger partial charge in [0.25, 0.3) is 0 Å². The Balaban J connectivity index is 2.21. The van der Waals surface area contributed by atoms with Gasteiger partial charge in [0, 0.05) is 12.6 Å². The fourth-order valence-corrected chi connectivity index (χ4v) is 2.37. The lowest BCUT2D eigenvalue weighted by molar-refractivity contribution is -0.163. The molecule has 0 aromatic heterocycles. The number of fused-ring (bicyclic) bond motifs is 1. The second-order valence-corrected chi connectivity index (χ2v) is 3.91. The minimum Gasteiger partial charge on any atom is -0.481 e. The minimum absolute atomic E-state index is 0.118. The number of nitrogens with one attached hydrogen (secondary N) is 1. The van der Waals surface area contributed by atoms with Crippen molar-refractivity contribution >= 4 is 5.97 Å². The van der Waals surface area contributed by atoms with Crippen LogP contribution in [0.3, 0.4) is 0 Å². The first-order chi connectivity index (χ1) is 6.26. The van der Waals surface area contributed by atoms with E-state index in [2.05, 4.69) is 5.32 Å². The summed E-state index contributed by atoms with van der Waals surface area (Å²) in [5, 5.41) is 12.5. The summed E-state index contributed by atoms with van der Waals surface area (Å²) in [7, 11) is 0. The van der Waals surface area contributed by atoms with Gasteiger partial charge in [0.15, 0.2) is 0 Å². The van der Waals surface area contributed by atoms with Crippen LogP contribution in [-0.2, 0) is 9.53 Å². The fourth-order valence-electron chi connectivity index (χ4n) is 2.37. The summed E-state index contributed by atoms with van der Waals surface area (Å²) in [6.45, 7) is 2.01. The van der Waals surface area contributed by atoms with E-state index < -0.39 is 11.4 Å². The number of carbonyl (C=O) groups is 1. The molecule has 0 aromatic carbocycles. The van der Waals surface area contributed by atoms with Crippen LogP contribution in [0.25, 0.3) is 0 Å². The van der Waals surface area contributed by atoms with Gasteiger partial charge in [0.05, 0.1) is 6.61 Å². The SMILES string of the molecule is O=C(O)C12CCCNC1CCOC2. The molecule has 2 N–H and O–H groups in total. The molecule has 2 rings (SSSR count). The van der Waals surface area contributed by atoms with E-state index in [0.29, 0.717) is 13.2 Å². The van der Waals surface area contributed by atoms with Crippen LogP contribution in [0.4, 0.5) is 0 Å². The molecular weight excluding hydrogens is 170 g/mol. The quantitative estimate of drug-likeness (QED) is 0.614. The predicted molar refractivity (Wildman–Crippen MR) is 46.5 cm³/mol. The van der Waals surface area contributed by atoms with E-state index in [-0.39, 0.29) is 6.04 Å². The minimum atomic E-state index is -0.704. The molecule has 2 aliphatic heterocycles. The molecule has 0 aromatic rings. The van der Waals surface area contributed by atoms with Crippen LogP contribution in [-0.4, -0.2) is 36.9 Å². The molecule has 74 valence electrons. The fraction of sp³-hybridized carbons (Fsp3) is 0.889. The molecular formula is C9H15NO3. The third-order valence-corrected chi connectivity index (χ3v) is 3.19. The summed E-state index contributed by atoms with van der Waals surface area (Å²) in [6.07, 6.45) is 2.51. The molecule has 2 fully saturated rings. The second-order valence-electron chi connectivity index (χ2n) is 3.91. The van der Waals surface area contributed by atoms with Gasteiger partial charge >= 0.3 is 5.97 Å². The van der Waals surface area contributed by atoms with Crippen LogP contribution in [0.2, 0.25) is 0 Å². The Bertz CT molecular complexity index is 205. The highest BCUT2D eigenvalue weighted by Crippen LogP contribution is 2.36. The van der Waals surface area contributed by atoms with Crippen molar-refractivity contribution in [2.45, 2.75) is 25.3 Å². The molecule has 0 bridgehead atoms. The van der Waals surface area contributed by atoms with E-state index in [1.807, 2.05) is 0 Å². The van der Waals surface area contributed by atoms with Crippen molar-refractivity contribution < 1.29 is 14.6 Å². The highest BCUT2D eigenvalue weighted by Gasteiger charge is 2.49. The molecule has 4 nitrogen and oxygen atoms in total. The average Bonchev–Trinajstić information content (AvgIpc) is 2.17. The van der Waals surface area contributed by atoms with Crippen molar-refractivity contribution in [1.29, 1.82) is 0 Å². The number of hydrogen-bond acceptors (Lipinski definition) is 3. The van der Waals surface area contributed by atoms with Gasteiger partial charge in [-0.05, 0) is 25.8 Å². The number of piperidine rings is 1. The highest BCUT2D eigenvalue weighted by atomic mass is 16.5. The largest absolute Gasteiger partial charge is 0.481 e. The molecule has 0 radical (unpaired) electrons. The first-order valence-corrected chi connectivity index (χ1v) is 4.80. The van der Waals surface area contributed by atoms with Crippen molar-refractivity contribution in [2.24, 2.45) is 5.41 Å². The molecule has 2 saturated heterocycles. The first-order valence-electron chi connectivity index (χ1n) is 4.80. The standard InChI is InChI=1S/C9H15NO3/c11-8(12)9-3-1-4-10-7(9)2-5-13-6-9/h7,10H,1-6H2,(H,11,12). The predicted octanol–water partition coefficient (Wildman–Crippen LogP) is 0.230. The number of rotatable bonds is 1. The smallest absolute Gasteiger partial charge is 0.313 e. The summed E-state index contributed by atoms with van der Waals surface area (Å²) in [5.74, 6) is -0.704. The Morgan fingerprint density at radius 1 is 1.62 bits per heavy atom. The maximum absolute atomic E-state index is 11.2. The zero-order chi connectivity index (χ0) is 9.31. The second kappa shape index (κ2) is 3.27. The molecule has 2 aliphatic rings. The number of carboxylic acids is 1. The van der Waals surface area contributed by atoms with Gasteiger partial charge < -0.3 is 15.2 Å². The molecule has 0 saturated carbocycles. The lowest BCUT2D eigenvalue weighted by Crippen LogP contribution is -2.59. The third kappa shape index (κ3) is 1.34. The van der Waals surface area contributed by atoms with Crippen LogP contribution >= 0.6 is 0 Å². The number of ether oxygens (including phenoxy) is 1. The number of carboxylic acid groups (broad SMARTS) is 1. The summed E-state index contributed by atoms with van der Waals surface area (Å²) < 4.78 is 5.28. The van der Waals surface area contributed by atoms with E-state index in [1.165, 1.54) is 0 Å². The summed E-state index contributed by atoms with van der Waals surface area (Å²) in [6, 6.07) is 0.118. The maximum Gasteiger partial charge on any atom is 0.313 e. The van der Waals surface area contributed by atoms with Gasteiger partial charge in [-0.2, -0.15) is 0 Å². The van der Waals surface area contributed by atoms with Gasteiger partial charge in [-0.3, -0.25) is 4.79 Å². The molecule has 0 aliphatic carbocycles. The van der Waals surface area contributed by atoms with Crippen molar-refractivity contribution in [3.05, 3.63) is 0 Å². The van der Waals surface area contributed by atoms with Crippen LogP contribution < -0.4 is 5.32 Å². The van der Waals surface area contributed by atoms with Crippen molar-refractivity contribution in [1.82, 2.24) is 5.32 Å². The normalized spacial score (nSPS) is 39.5. The molecule has 0 spiro atoms. The molecule has 2 unspecified atom stereocenters. The zero-order valence-corrected chi connectivity index (χ0v) is 7.58. The Labute approximate surface area is 77.3 Å². The van der Waals surface area contributed by atoms with E-state index in [0.717, 1.165) is 25.8 Å². The number of hydrogen-bond donors (Lipinski definition) is 2. The third-order valence-electron chi connectivity index (χ3n) is 3.19. The molecule has 0 amide bonds. The Morgan fingerprint density at radius 3 is 3.15 bits per heavy atom. The Morgan fingerprint density at radius 2 is 2.46 bits per heavy atom. The summed E-state index contributed by atoms with van der Waals surface area (Å²) in [5.41, 5.74) is -0.642. The van der Waals surface area contributed by atoms with Gasteiger partial charge in [0.1, 0.15) is 5.41 Å². The molecule has 13 heavy (non-hydrogen) atoms. The molecule has 2 heterocycles. The van der Waals surface area contributed by atoms with Gasteiger partial charge in [-0.1, -0.05) is 0 Å². The van der Waals surface area contributed by atoms with Gasteiger partial charge in [-0.15, -0.1) is 0 Å². The molecule has 2 atom stereocenters. The van der Waals surface area contributed by atoms with E-state index in [9.17, 15) is 9.90 Å². The lowest BCUT2D eigenvalue weighted by Gasteiger charge is -2.44. The average molecular weight is 185 g/mol. The molecule has 4 heteroatoms. The van der Waals surface area contributed by atoms with Crippen molar-refractivity contribution in [3.8, 4) is 0 Å². The van der Waals surface area contributed by atoms with Crippen molar-refractivity contribution in [2.75, 3.05) is 19.8 Å². The highest BCUT2D eigenvalue weighted by molar-refractivity contribution is 5.76. The Hall–Kier alpha value is -0.610. The van der Waals surface area contributed by atoms with E-state index >= 15 is 0 Å². The maximum atomic E-state index is 11.2. The lowest BCUT2D eigenvalue weighted by atomic mass is 9.72. The van der Waals surface area contributed by atoms with Gasteiger partial charge in [0.2, 0.25) is 0 Å². The zero-order valence-electron chi connectivity index (χ0n) is 7.58. The van der Waals surface area contributed by atoms with Crippen LogP contribution in [0.5, 0.6) is 0 Å². The van der Waals surface area contributed by atoms with Crippen molar-refractivity contribution in [3.63, 3.8) is 0 Å². The van der Waals surface area contributed by atoms with Crippen LogP contribution in [0, 0.1) is 5.41 Å². The number of aliphatic carboxylic acids is 1. The van der Waals surface area contributed by atoms with Crippen LogP contribution in [0.1, 0.15) is 19.3 Å². The first kappa shape index (κ1) is 8.97. The summed E-state index contributed by atoms with van der Waals surface area (Å²) in [4.78, 5) is 11.2. The Kier molecular flexibility index (Phi) is 2.26. The monoisotopic (exact) mass is 185 g/mol. The topological polar surface area (TPSA) is 58.6 Å². The summed E-state index contributed by atoms with van der Waals surface area (Å²) >= 11 is 0. The van der Waals surface area contributed by atoms with Crippen LogP contribution in [0.15, 0.2) is 0 Å². The van der Waals surface area contributed by atoms with Gasteiger partial charge in [-0.25, -0.2) is 0 Å². The van der Waals surface area contributed by atoms with E-state index in [1.54, 1.807) is 0 Å².